The predicted octanol–water partition coefficient (Wildman–Crippen LogP) is 3.07. The van der Waals surface area contributed by atoms with Gasteiger partial charge in [0, 0.05) is 13.2 Å². The van der Waals surface area contributed by atoms with E-state index in [-0.39, 0.29) is 0 Å². The van der Waals surface area contributed by atoms with Gasteiger partial charge in [0.2, 0.25) is 0 Å². The first-order chi connectivity index (χ1) is 8.81. The van der Waals surface area contributed by atoms with Gasteiger partial charge in [-0.1, -0.05) is 35.9 Å². The van der Waals surface area contributed by atoms with E-state index in [0.717, 1.165) is 13.2 Å². The molecule has 0 heterocycles. The molecule has 104 valence electrons. The van der Waals surface area contributed by atoms with Crippen molar-refractivity contribution in [1.29, 1.82) is 0 Å². The first-order valence-corrected chi connectivity index (χ1v) is 6.56. The second-order valence-electron chi connectivity index (χ2n) is 3.66. The Morgan fingerprint density at radius 3 is 1.50 bits per heavy atom. The number of ether oxygens (including phenoxy) is 3. The van der Waals surface area contributed by atoms with Crippen LogP contribution in [0.3, 0.4) is 0 Å². The van der Waals surface area contributed by atoms with Crippen molar-refractivity contribution in [3.05, 3.63) is 35.9 Å². The maximum Gasteiger partial charge on any atom is 0.0701 e. The fourth-order valence-electron chi connectivity index (χ4n) is 1.16. The van der Waals surface area contributed by atoms with Crippen molar-refractivity contribution in [1.82, 2.24) is 0 Å². The van der Waals surface area contributed by atoms with Crippen molar-refractivity contribution >= 4 is 0 Å². The Hall–Kier alpha value is -0.900. The van der Waals surface area contributed by atoms with Crippen LogP contribution < -0.4 is 0 Å². The summed E-state index contributed by atoms with van der Waals surface area (Å²) >= 11 is 0. The van der Waals surface area contributed by atoms with Crippen LogP contribution in [0, 0.1) is 6.92 Å². The van der Waals surface area contributed by atoms with E-state index in [1.165, 1.54) is 5.56 Å². The summed E-state index contributed by atoms with van der Waals surface area (Å²) in [7, 11) is 0. The molecule has 1 aromatic rings. The fraction of sp³-hybridized carbons (Fsp3) is 0.600. The molecule has 1 aromatic carbocycles. The normalized spacial score (nSPS) is 9.72. The van der Waals surface area contributed by atoms with Crippen molar-refractivity contribution in [2.24, 2.45) is 0 Å². The molecule has 18 heavy (non-hydrogen) atoms. The third-order valence-corrected chi connectivity index (χ3v) is 2.09. The summed E-state index contributed by atoms with van der Waals surface area (Å²) in [6, 6.07) is 10.3. The van der Waals surface area contributed by atoms with Gasteiger partial charge in [-0.05, 0) is 20.8 Å². The van der Waals surface area contributed by atoms with Crippen LogP contribution in [0.2, 0.25) is 0 Å². The number of aryl methyl sites for hydroxylation is 1. The lowest BCUT2D eigenvalue weighted by Gasteiger charge is -2.03. The van der Waals surface area contributed by atoms with Gasteiger partial charge in [-0.2, -0.15) is 0 Å². The third kappa shape index (κ3) is 13.2. The number of benzene rings is 1. The van der Waals surface area contributed by atoms with Gasteiger partial charge in [-0.3, -0.25) is 0 Å². The van der Waals surface area contributed by atoms with Crippen LogP contribution >= 0.6 is 0 Å². The molecule has 0 saturated carbocycles. The van der Waals surface area contributed by atoms with E-state index in [9.17, 15) is 0 Å². The maximum absolute atomic E-state index is 5.19. The van der Waals surface area contributed by atoms with E-state index in [1.807, 2.05) is 32.0 Å². The highest BCUT2D eigenvalue weighted by Crippen LogP contribution is 1.92. The summed E-state index contributed by atoms with van der Waals surface area (Å²) < 4.78 is 15.3. The minimum atomic E-state index is 0.668. The Kier molecular flexibility index (Phi) is 13.5. The minimum Gasteiger partial charge on any atom is -0.379 e. The highest BCUT2D eigenvalue weighted by Gasteiger charge is 1.87. The van der Waals surface area contributed by atoms with E-state index >= 15 is 0 Å². The quantitative estimate of drug-likeness (QED) is 0.667. The molecule has 0 N–H and O–H groups in total. The first kappa shape index (κ1) is 17.1. The molecular weight excluding hydrogens is 228 g/mol. The fourth-order valence-corrected chi connectivity index (χ4v) is 1.16. The Bertz CT molecular complexity index is 241. The van der Waals surface area contributed by atoms with Gasteiger partial charge < -0.3 is 14.2 Å². The largest absolute Gasteiger partial charge is 0.379 e. The molecular formula is C15H26O3. The minimum absolute atomic E-state index is 0.668. The van der Waals surface area contributed by atoms with Crippen molar-refractivity contribution in [3.63, 3.8) is 0 Å². The van der Waals surface area contributed by atoms with Gasteiger partial charge >= 0.3 is 0 Å². The van der Waals surface area contributed by atoms with Crippen molar-refractivity contribution in [2.75, 3.05) is 39.6 Å². The van der Waals surface area contributed by atoms with Gasteiger partial charge in [0.15, 0.2) is 0 Å². The summed E-state index contributed by atoms with van der Waals surface area (Å²) in [5.74, 6) is 0. The second-order valence-corrected chi connectivity index (χ2v) is 3.66. The molecule has 0 aromatic heterocycles. The Balaban J connectivity index is 0.000000351. The molecule has 0 saturated heterocycles. The number of hydrogen-bond donors (Lipinski definition) is 0. The summed E-state index contributed by atoms with van der Waals surface area (Å²) in [5, 5.41) is 0. The second kappa shape index (κ2) is 14.2. The van der Waals surface area contributed by atoms with Crippen LogP contribution in [0.25, 0.3) is 0 Å². The molecule has 0 spiro atoms. The average molecular weight is 254 g/mol. The van der Waals surface area contributed by atoms with E-state index in [4.69, 9.17) is 14.2 Å². The molecule has 0 aliphatic carbocycles. The van der Waals surface area contributed by atoms with E-state index in [1.54, 1.807) is 0 Å². The molecule has 0 aliphatic rings. The molecule has 3 heteroatoms. The van der Waals surface area contributed by atoms with Gasteiger partial charge in [0.05, 0.1) is 26.4 Å². The highest BCUT2D eigenvalue weighted by atomic mass is 16.5. The van der Waals surface area contributed by atoms with Gasteiger partial charge in [-0.25, -0.2) is 0 Å². The molecule has 0 fully saturated rings. The zero-order chi connectivity index (χ0) is 13.5. The smallest absolute Gasteiger partial charge is 0.0701 e. The van der Waals surface area contributed by atoms with Crippen molar-refractivity contribution in [2.45, 2.75) is 20.8 Å². The molecule has 0 bridgehead atoms. The molecule has 0 radical (unpaired) electrons. The third-order valence-electron chi connectivity index (χ3n) is 2.09. The summed E-state index contributed by atoms with van der Waals surface area (Å²) in [4.78, 5) is 0. The van der Waals surface area contributed by atoms with Crippen LogP contribution in [0.5, 0.6) is 0 Å². The number of hydrogen-bond acceptors (Lipinski definition) is 3. The standard InChI is InChI=1S/C8H18O3.C7H8/c1-3-9-5-7-11-8-6-10-4-2;1-7-5-3-2-4-6-7/h3-8H2,1-2H3;2-6H,1H3. The Morgan fingerprint density at radius 2 is 1.17 bits per heavy atom. The van der Waals surface area contributed by atoms with Gasteiger partial charge in [-0.15, -0.1) is 0 Å². The topological polar surface area (TPSA) is 27.7 Å². The van der Waals surface area contributed by atoms with E-state index < -0.39 is 0 Å². The van der Waals surface area contributed by atoms with E-state index in [2.05, 4.69) is 19.1 Å². The number of rotatable bonds is 8. The molecule has 1 rings (SSSR count). The summed E-state index contributed by atoms with van der Waals surface area (Å²) in [6.07, 6.45) is 0. The first-order valence-electron chi connectivity index (χ1n) is 6.56. The van der Waals surface area contributed by atoms with Crippen LogP contribution in [0.15, 0.2) is 30.3 Å². The monoisotopic (exact) mass is 254 g/mol. The zero-order valence-electron chi connectivity index (χ0n) is 11.9. The van der Waals surface area contributed by atoms with Crippen LogP contribution in [-0.4, -0.2) is 39.6 Å². The molecule has 3 nitrogen and oxygen atoms in total. The van der Waals surface area contributed by atoms with Crippen molar-refractivity contribution < 1.29 is 14.2 Å². The molecule has 0 unspecified atom stereocenters. The zero-order valence-corrected chi connectivity index (χ0v) is 11.9. The van der Waals surface area contributed by atoms with Crippen LogP contribution in [0.1, 0.15) is 19.4 Å². The molecule has 0 amide bonds. The van der Waals surface area contributed by atoms with Crippen LogP contribution in [-0.2, 0) is 14.2 Å². The Labute approximate surface area is 111 Å². The molecule has 0 aliphatic heterocycles. The maximum atomic E-state index is 5.19. The van der Waals surface area contributed by atoms with Gasteiger partial charge in [0.1, 0.15) is 0 Å². The average Bonchev–Trinajstić information content (AvgIpc) is 2.39. The lowest BCUT2D eigenvalue weighted by molar-refractivity contribution is 0.0195. The van der Waals surface area contributed by atoms with Gasteiger partial charge in [0.25, 0.3) is 0 Å². The van der Waals surface area contributed by atoms with Crippen molar-refractivity contribution in [3.8, 4) is 0 Å². The SMILES string of the molecule is CCOCCOCCOCC.Cc1ccccc1. The van der Waals surface area contributed by atoms with E-state index in [0.29, 0.717) is 26.4 Å². The predicted molar refractivity (Wildman–Crippen MR) is 75.0 cm³/mol. The lowest BCUT2D eigenvalue weighted by Crippen LogP contribution is -2.08. The van der Waals surface area contributed by atoms with Crippen LogP contribution in [0.4, 0.5) is 0 Å². The summed E-state index contributed by atoms with van der Waals surface area (Å²) in [5.41, 5.74) is 1.32. The highest BCUT2D eigenvalue weighted by molar-refractivity contribution is 5.11. The summed E-state index contributed by atoms with van der Waals surface area (Å²) in [6.45, 7) is 10.2. The Morgan fingerprint density at radius 1 is 0.722 bits per heavy atom. The lowest BCUT2D eigenvalue weighted by atomic mass is 10.2. The molecule has 0 atom stereocenters.